The minimum atomic E-state index is -0.0975. The number of carbonyl (C=O) groups excluding carboxylic acids is 1. The molecule has 0 saturated heterocycles. The highest BCUT2D eigenvalue weighted by molar-refractivity contribution is 5.98. The molecule has 0 spiro atoms. The Hall–Kier alpha value is -1.52. The lowest BCUT2D eigenvalue weighted by Gasteiger charge is -2.16. The number of hydrogen-bond acceptors (Lipinski definition) is 3. The molecule has 0 bridgehead atoms. The fourth-order valence-corrected chi connectivity index (χ4v) is 2.46. The molecule has 19 heavy (non-hydrogen) atoms. The van der Waals surface area contributed by atoms with Crippen molar-refractivity contribution < 1.29 is 4.79 Å². The first kappa shape index (κ1) is 13.9. The van der Waals surface area contributed by atoms with E-state index in [1.807, 2.05) is 6.92 Å². The number of nitrogens with zero attached hydrogens (tertiary/aromatic N) is 2. The van der Waals surface area contributed by atoms with Gasteiger partial charge >= 0.3 is 0 Å². The zero-order valence-electron chi connectivity index (χ0n) is 12.1. The minimum Gasteiger partial charge on any atom is -0.395 e. The molecule has 5 heteroatoms. The Morgan fingerprint density at radius 2 is 2.21 bits per heavy atom. The van der Waals surface area contributed by atoms with Crippen molar-refractivity contribution in [3.63, 3.8) is 0 Å². The van der Waals surface area contributed by atoms with Crippen LogP contribution in [0, 0.1) is 5.92 Å². The zero-order valence-corrected chi connectivity index (χ0v) is 12.1. The van der Waals surface area contributed by atoms with Crippen LogP contribution in [0.5, 0.6) is 0 Å². The Morgan fingerprint density at radius 3 is 2.68 bits per heavy atom. The van der Waals surface area contributed by atoms with Crippen molar-refractivity contribution in [2.24, 2.45) is 13.0 Å². The predicted molar refractivity (Wildman–Crippen MR) is 75.9 cm³/mol. The van der Waals surface area contributed by atoms with Crippen molar-refractivity contribution in [3.8, 4) is 0 Å². The quantitative estimate of drug-likeness (QED) is 0.824. The number of nitrogens with two attached hydrogens (primary N) is 1. The Kier molecular flexibility index (Phi) is 4.12. The molecule has 0 radical (unpaired) electrons. The molecule has 1 aromatic heterocycles. The van der Waals surface area contributed by atoms with Crippen LogP contribution < -0.4 is 11.1 Å². The highest BCUT2D eigenvalue weighted by Gasteiger charge is 2.27. The molecule has 1 aliphatic carbocycles. The van der Waals surface area contributed by atoms with E-state index in [4.69, 9.17) is 5.73 Å². The van der Waals surface area contributed by atoms with Gasteiger partial charge in [0.05, 0.1) is 11.4 Å². The van der Waals surface area contributed by atoms with Crippen molar-refractivity contribution in [3.05, 3.63) is 11.4 Å². The number of nitrogen functional groups attached to an aromatic ring is 1. The number of carbonyl (C=O) groups is 1. The molecule has 1 aromatic rings. The summed E-state index contributed by atoms with van der Waals surface area (Å²) in [5.74, 6) is 0.708. The SMILES string of the molecule is CCc1nn(C)c(C(=O)NC(CC)CC2CC2)c1N. The number of aryl methyl sites for hydroxylation is 2. The molecule has 5 nitrogen and oxygen atoms in total. The fraction of sp³-hybridized carbons (Fsp3) is 0.714. The van der Waals surface area contributed by atoms with Crippen molar-refractivity contribution in [2.45, 2.75) is 52.0 Å². The van der Waals surface area contributed by atoms with Crippen molar-refractivity contribution in [1.29, 1.82) is 0 Å². The molecule has 0 aromatic carbocycles. The standard InChI is InChI=1S/C14H24N4O/c1-4-10(8-9-6-7-9)16-14(19)13-12(15)11(5-2)17-18(13)3/h9-10H,4-8,15H2,1-3H3,(H,16,19). The van der Waals surface area contributed by atoms with E-state index in [0.717, 1.165) is 30.9 Å². The second-order valence-corrected chi connectivity index (χ2v) is 5.44. The third-order valence-electron chi connectivity index (χ3n) is 3.85. The topological polar surface area (TPSA) is 72.9 Å². The van der Waals surface area contributed by atoms with E-state index in [-0.39, 0.29) is 11.9 Å². The van der Waals surface area contributed by atoms with Crippen LogP contribution in [0.1, 0.15) is 55.7 Å². The fourth-order valence-electron chi connectivity index (χ4n) is 2.46. The molecular weight excluding hydrogens is 240 g/mol. The first-order valence-electron chi connectivity index (χ1n) is 7.18. The van der Waals surface area contributed by atoms with Crippen molar-refractivity contribution in [1.82, 2.24) is 15.1 Å². The maximum Gasteiger partial charge on any atom is 0.271 e. The highest BCUT2D eigenvalue weighted by atomic mass is 16.2. The van der Waals surface area contributed by atoms with Gasteiger partial charge in [0.15, 0.2) is 0 Å². The molecule has 1 heterocycles. The average Bonchev–Trinajstić information content (AvgIpc) is 3.13. The summed E-state index contributed by atoms with van der Waals surface area (Å²) in [6.07, 6.45) is 5.40. The van der Waals surface area contributed by atoms with E-state index >= 15 is 0 Å². The van der Waals surface area contributed by atoms with Gasteiger partial charge in [0, 0.05) is 13.1 Å². The summed E-state index contributed by atoms with van der Waals surface area (Å²) in [5, 5.41) is 7.38. The molecule has 1 fully saturated rings. The van der Waals surface area contributed by atoms with Gasteiger partial charge in [-0.1, -0.05) is 26.7 Å². The molecular formula is C14H24N4O. The van der Waals surface area contributed by atoms with E-state index in [2.05, 4.69) is 17.3 Å². The number of rotatable bonds is 6. The van der Waals surface area contributed by atoms with Gasteiger partial charge in [-0.2, -0.15) is 5.10 Å². The Labute approximate surface area is 114 Å². The molecule has 2 rings (SSSR count). The van der Waals surface area contributed by atoms with Gasteiger partial charge in [-0.05, 0) is 25.2 Å². The van der Waals surface area contributed by atoms with Crippen LogP contribution in [0.3, 0.4) is 0 Å². The lowest BCUT2D eigenvalue weighted by atomic mass is 10.1. The molecule has 1 amide bonds. The monoisotopic (exact) mass is 264 g/mol. The van der Waals surface area contributed by atoms with Gasteiger partial charge in [0.25, 0.3) is 5.91 Å². The summed E-state index contributed by atoms with van der Waals surface area (Å²) >= 11 is 0. The number of anilines is 1. The number of amides is 1. The largest absolute Gasteiger partial charge is 0.395 e. The second kappa shape index (κ2) is 5.63. The summed E-state index contributed by atoms with van der Waals surface area (Å²) in [6, 6.07) is 0.249. The van der Waals surface area contributed by atoms with Gasteiger partial charge in [0.1, 0.15) is 5.69 Å². The van der Waals surface area contributed by atoms with Gasteiger partial charge in [-0.25, -0.2) is 0 Å². The number of aromatic nitrogens is 2. The van der Waals surface area contributed by atoms with Crippen LogP contribution in [-0.2, 0) is 13.5 Å². The van der Waals surface area contributed by atoms with E-state index < -0.39 is 0 Å². The molecule has 1 unspecified atom stereocenters. The maximum absolute atomic E-state index is 12.3. The summed E-state index contributed by atoms with van der Waals surface area (Å²) in [4.78, 5) is 12.3. The van der Waals surface area contributed by atoms with Gasteiger partial charge in [0.2, 0.25) is 0 Å². The minimum absolute atomic E-state index is 0.0975. The van der Waals surface area contributed by atoms with Gasteiger partial charge in [-0.3, -0.25) is 9.48 Å². The van der Waals surface area contributed by atoms with Crippen LogP contribution in [-0.4, -0.2) is 21.7 Å². The molecule has 106 valence electrons. The second-order valence-electron chi connectivity index (χ2n) is 5.44. The molecule has 0 aliphatic heterocycles. The van der Waals surface area contributed by atoms with Crippen molar-refractivity contribution >= 4 is 11.6 Å². The average molecular weight is 264 g/mol. The van der Waals surface area contributed by atoms with Crippen LogP contribution in [0.4, 0.5) is 5.69 Å². The third kappa shape index (κ3) is 3.08. The smallest absolute Gasteiger partial charge is 0.271 e. The van der Waals surface area contributed by atoms with Crippen LogP contribution in [0.15, 0.2) is 0 Å². The first-order valence-corrected chi connectivity index (χ1v) is 7.18. The molecule has 1 saturated carbocycles. The Bertz CT molecular complexity index is 462. The van der Waals surface area contributed by atoms with Crippen LogP contribution in [0.2, 0.25) is 0 Å². The normalized spacial score (nSPS) is 16.4. The van der Waals surface area contributed by atoms with Crippen LogP contribution in [0.25, 0.3) is 0 Å². The Morgan fingerprint density at radius 1 is 1.53 bits per heavy atom. The van der Waals surface area contributed by atoms with Gasteiger partial charge in [-0.15, -0.1) is 0 Å². The Balaban J connectivity index is 2.07. The van der Waals surface area contributed by atoms with E-state index in [1.54, 1.807) is 11.7 Å². The lowest BCUT2D eigenvalue weighted by molar-refractivity contribution is 0.0924. The first-order chi connectivity index (χ1) is 9.06. The zero-order chi connectivity index (χ0) is 14.0. The third-order valence-corrected chi connectivity index (χ3v) is 3.85. The van der Waals surface area contributed by atoms with Crippen LogP contribution >= 0.6 is 0 Å². The summed E-state index contributed by atoms with van der Waals surface area (Å²) in [6.45, 7) is 4.10. The summed E-state index contributed by atoms with van der Waals surface area (Å²) < 4.78 is 1.59. The lowest BCUT2D eigenvalue weighted by Crippen LogP contribution is -2.36. The highest BCUT2D eigenvalue weighted by Crippen LogP contribution is 2.34. The molecule has 1 atom stereocenters. The van der Waals surface area contributed by atoms with E-state index in [1.165, 1.54) is 12.8 Å². The van der Waals surface area contributed by atoms with E-state index in [0.29, 0.717) is 11.4 Å². The van der Waals surface area contributed by atoms with Crippen molar-refractivity contribution in [2.75, 3.05) is 5.73 Å². The molecule has 1 aliphatic rings. The van der Waals surface area contributed by atoms with Gasteiger partial charge < -0.3 is 11.1 Å². The number of nitrogens with one attached hydrogen (secondary N) is 1. The molecule has 3 N–H and O–H groups in total. The maximum atomic E-state index is 12.3. The summed E-state index contributed by atoms with van der Waals surface area (Å²) in [7, 11) is 1.77. The number of hydrogen-bond donors (Lipinski definition) is 2. The summed E-state index contributed by atoms with van der Waals surface area (Å²) in [5.41, 5.74) is 7.81. The van der Waals surface area contributed by atoms with E-state index in [9.17, 15) is 4.79 Å². The predicted octanol–water partition coefficient (Wildman–Crippen LogP) is 1.87.